The first-order chi connectivity index (χ1) is 12.9. The van der Waals surface area contributed by atoms with Gasteiger partial charge in [0.2, 0.25) is 5.91 Å². The summed E-state index contributed by atoms with van der Waals surface area (Å²) in [6.45, 7) is 3.56. The molecule has 27 heavy (non-hydrogen) atoms. The summed E-state index contributed by atoms with van der Waals surface area (Å²) in [6.07, 6.45) is 1.53. The van der Waals surface area contributed by atoms with Gasteiger partial charge >= 0.3 is 5.97 Å². The van der Waals surface area contributed by atoms with Crippen molar-refractivity contribution in [3.05, 3.63) is 56.5 Å². The molecule has 0 aliphatic rings. The summed E-state index contributed by atoms with van der Waals surface area (Å²) in [5.41, 5.74) is 0.852. The molecule has 140 valence electrons. The number of nitrogens with one attached hydrogen (secondary N) is 1. The Morgan fingerprint density at radius 1 is 1.33 bits per heavy atom. The van der Waals surface area contributed by atoms with E-state index >= 15 is 0 Å². The van der Waals surface area contributed by atoms with Crippen molar-refractivity contribution in [2.75, 3.05) is 0 Å². The summed E-state index contributed by atoms with van der Waals surface area (Å²) >= 11 is 1.05. The van der Waals surface area contributed by atoms with Crippen LogP contribution in [0.2, 0.25) is 0 Å². The van der Waals surface area contributed by atoms with Crippen LogP contribution in [0.15, 0.2) is 35.4 Å². The number of fused-ring (bicyclic) bond motifs is 1. The van der Waals surface area contributed by atoms with Crippen molar-refractivity contribution in [3.63, 3.8) is 0 Å². The van der Waals surface area contributed by atoms with E-state index in [4.69, 9.17) is 5.11 Å². The van der Waals surface area contributed by atoms with Gasteiger partial charge in [-0.2, -0.15) is 0 Å². The Labute approximate surface area is 158 Å². The van der Waals surface area contributed by atoms with Gasteiger partial charge in [0.05, 0.1) is 29.0 Å². The summed E-state index contributed by atoms with van der Waals surface area (Å²) in [7, 11) is 0. The largest absolute Gasteiger partial charge is 0.477 e. The van der Waals surface area contributed by atoms with E-state index in [-0.39, 0.29) is 29.3 Å². The van der Waals surface area contributed by atoms with Crippen LogP contribution >= 0.6 is 11.3 Å². The van der Waals surface area contributed by atoms with Crippen LogP contribution in [0.5, 0.6) is 0 Å². The van der Waals surface area contributed by atoms with E-state index in [0.29, 0.717) is 21.6 Å². The molecule has 1 atom stereocenters. The summed E-state index contributed by atoms with van der Waals surface area (Å²) in [5.74, 6) is -1.29. The number of aryl methyl sites for hydroxylation is 2. The zero-order valence-corrected chi connectivity index (χ0v) is 15.6. The van der Waals surface area contributed by atoms with E-state index in [1.165, 1.54) is 10.9 Å². The third-order valence-electron chi connectivity index (χ3n) is 4.07. The third kappa shape index (κ3) is 4.03. The van der Waals surface area contributed by atoms with Crippen LogP contribution in [-0.2, 0) is 11.3 Å². The number of carbonyl (C=O) groups is 2. The van der Waals surface area contributed by atoms with Crippen LogP contribution in [0.4, 0.5) is 0 Å². The minimum Gasteiger partial charge on any atom is -0.477 e. The summed E-state index contributed by atoms with van der Waals surface area (Å²) < 4.78 is 1.41. The maximum atomic E-state index is 12.4. The molecule has 3 rings (SSSR count). The van der Waals surface area contributed by atoms with Gasteiger partial charge < -0.3 is 10.4 Å². The molecule has 0 fully saturated rings. The zero-order valence-electron chi connectivity index (χ0n) is 14.8. The second kappa shape index (κ2) is 7.67. The number of hydrogen-bond acceptors (Lipinski definition) is 6. The molecule has 8 nitrogen and oxygen atoms in total. The standard InChI is InChI=1S/C18H18N4O4S/c1-10-15(18(25)26)27-16(21-10)11(2)20-14(23)7-8-22-9-19-13-6-4-3-5-12(13)17(22)24/h3-6,9,11H,7-8H2,1-2H3,(H,20,23)(H,25,26). The maximum Gasteiger partial charge on any atom is 0.347 e. The number of amides is 1. The van der Waals surface area contributed by atoms with Crippen molar-refractivity contribution in [1.29, 1.82) is 0 Å². The van der Waals surface area contributed by atoms with E-state index in [1.54, 1.807) is 32.0 Å². The lowest BCUT2D eigenvalue weighted by molar-refractivity contribution is -0.122. The summed E-state index contributed by atoms with van der Waals surface area (Å²) in [5, 5.41) is 12.9. The van der Waals surface area contributed by atoms with Crippen molar-refractivity contribution < 1.29 is 14.7 Å². The number of carboxylic acid groups (broad SMARTS) is 1. The van der Waals surface area contributed by atoms with Crippen molar-refractivity contribution in [1.82, 2.24) is 19.9 Å². The van der Waals surface area contributed by atoms with E-state index in [9.17, 15) is 14.4 Å². The molecule has 0 spiro atoms. The molecule has 3 aromatic rings. The second-order valence-corrected chi connectivity index (χ2v) is 7.10. The first-order valence-electron chi connectivity index (χ1n) is 8.31. The van der Waals surface area contributed by atoms with Crippen molar-refractivity contribution >= 4 is 34.1 Å². The van der Waals surface area contributed by atoms with Crippen molar-refractivity contribution in [2.45, 2.75) is 32.9 Å². The van der Waals surface area contributed by atoms with Crippen LogP contribution in [-0.4, -0.2) is 31.5 Å². The number of nitrogens with zero attached hydrogens (tertiary/aromatic N) is 3. The Kier molecular flexibility index (Phi) is 5.31. The van der Waals surface area contributed by atoms with E-state index < -0.39 is 12.0 Å². The zero-order chi connectivity index (χ0) is 19.6. The molecule has 1 amide bonds. The number of rotatable bonds is 6. The highest BCUT2D eigenvalue weighted by molar-refractivity contribution is 7.13. The summed E-state index contributed by atoms with van der Waals surface area (Å²) in [4.78, 5) is 44.3. The molecular weight excluding hydrogens is 368 g/mol. The molecule has 0 saturated heterocycles. The van der Waals surface area contributed by atoms with E-state index in [0.717, 1.165) is 11.3 Å². The van der Waals surface area contributed by atoms with Gasteiger partial charge in [-0.1, -0.05) is 12.1 Å². The van der Waals surface area contributed by atoms with Gasteiger partial charge in [0, 0.05) is 13.0 Å². The predicted octanol–water partition coefficient (Wildman–Crippen LogP) is 2.13. The predicted molar refractivity (Wildman–Crippen MR) is 101 cm³/mol. The average molecular weight is 386 g/mol. The molecule has 2 heterocycles. The molecule has 0 aliphatic heterocycles. The quantitative estimate of drug-likeness (QED) is 0.671. The van der Waals surface area contributed by atoms with Gasteiger partial charge in [-0.25, -0.2) is 14.8 Å². The van der Waals surface area contributed by atoms with Crippen LogP contribution in [0.1, 0.15) is 39.8 Å². The molecule has 0 saturated carbocycles. The average Bonchev–Trinajstić information content (AvgIpc) is 3.03. The number of benzene rings is 1. The van der Waals surface area contributed by atoms with Crippen molar-refractivity contribution in [2.24, 2.45) is 0 Å². The fraction of sp³-hybridized carbons (Fsp3) is 0.278. The van der Waals surface area contributed by atoms with Crippen LogP contribution in [0, 0.1) is 6.92 Å². The SMILES string of the molecule is Cc1nc(C(C)NC(=O)CCn2cnc3ccccc3c2=O)sc1C(=O)O. The minimum atomic E-state index is -1.03. The lowest BCUT2D eigenvalue weighted by atomic mass is 10.2. The number of aromatic carboxylic acids is 1. The monoisotopic (exact) mass is 386 g/mol. The van der Waals surface area contributed by atoms with Crippen LogP contribution in [0.25, 0.3) is 10.9 Å². The molecule has 2 N–H and O–H groups in total. The number of carboxylic acids is 1. The highest BCUT2D eigenvalue weighted by atomic mass is 32.1. The maximum absolute atomic E-state index is 12.4. The van der Waals surface area contributed by atoms with Gasteiger partial charge in [0.1, 0.15) is 9.88 Å². The highest BCUT2D eigenvalue weighted by Gasteiger charge is 2.19. The molecular formula is C18H18N4O4S. The second-order valence-electron chi connectivity index (χ2n) is 6.07. The van der Waals surface area contributed by atoms with Gasteiger partial charge in [0.15, 0.2) is 0 Å². The molecule has 2 aromatic heterocycles. The Bertz CT molecular complexity index is 1070. The lowest BCUT2D eigenvalue weighted by Crippen LogP contribution is -2.29. The number of aromatic nitrogens is 3. The molecule has 1 unspecified atom stereocenters. The van der Waals surface area contributed by atoms with Gasteiger partial charge in [-0.05, 0) is 26.0 Å². The fourth-order valence-electron chi connectivity index (χ4n) is 2.66. The normalized spacial score (nSPS) is 12.1. The topological polar surface area (TPSA) is 114 Å². The Hall–Kier alpha value is -3.07. The molecule has 1 aromatic carbocycles. The molecule has 0 bridgehead atoms. The van der Waals surface area contributed by atoms with Gasteiger partial charge in [-0.15, -0.1) is 11.3 Å². The Morgan fingerprint density at radius 3 is 2.78 bits per heavy atom. The van der Waals surface area contributed by atoms with Crippen LogP contribution in [0.3, 0.4) is 0 Å². The first-order valence-corrected chi connectivity index (χ1v) is 9.12. The van der Waals surface area contributed by atoms with Crippen LogP contribution < -0.4 is 10.9 Å². The Morgan fingerprint density at radius 2 is 2.07 bits per heavy atom. The molecule has 0 aliphatic carbocycles. The number of carbonyl (C=O) groups excluding carboxylic acids is 1. The number of hydrogen-bond donors (Lipinski definition) is 2. The molecule has 0 radical (unpaired) electrons. The Balaban J connectivity index is 1.64. The number of para-hydroxylation sites is 1. The smallest absolute Gasteiger partial charge is 0.347 e. The highest BCUT2D eigenvalue weighted by Crippen LogP contribution is 2.23. The van der Waals surface area contributed by atoms with Crippen molar-refractivity contribution in [3.8, 4) is 0 Å². The lowest BCUT2D eigenvalue weighted by Gasteiger charge is -2.12. The summed E-state index contributed by atoms with van der Waals surface area (Å²) in [6, 6.07) is 6.63. The van der Waals surface area contributed by atoms with E-state index in [2.05, 4.69) is 15.3 Å². The fourth-order valence-corrected chi connectivity index (χ4v) is 3.57. The van der Waals surface area contributed by atoms with E-state index in [1.807, 2.05) is 6.07 Å². The van der Waals surface area contributed by atoms with Gasteiger partial charge in [-0.3, -0.25) is 14.2 Å². The number of thiazole rings is 1. The van der Waals surface area contributed by atoms with Gasteiger partial charge in [0.25, 0.3) is 5.56 Å². The molecule has 9 heteroatoms. The first kappa shape index (κ1) is 18.7. The third-order valence-corrected chi connectivity index (χ3v) is 5.39. The minimum absolute atomic E-state index is 0.0976.